The number of nitrogens with one attached hydrogen (secondary N) is 2. The van der Waals surface area contributed by atoms with Crippen LogP contribution in [0.25, 0.3) is 11.0 Å². The third-order valence-corrected chi connectivity index (χ3v) is 4.41. The molecular formula is C19H23N3O7. The van der Waals surface area contributed by atoms with Crippen LogP contribution in [-0.2, 0) is 14.3 Å². The third-order valence-electron chi connectivity index (χ3n) is 4.41. The van der Waals surface area contributed by atoms with Crippen LogP contribution in [0.5, 0.6) is 5.75 Å². The quantitative estimate of drug-likeness (QED) is 0.517. The maximum atomic E-state index is 12.2. The second-order valence-electron chi connectivity index (χ2n) is 6.57. The molecule has 2 heterocycles. The molecular weight excluding hydrogens is 382 g/mol. The topological polar surface area (TPSA) is 130 Å². The van der Waals surface area contributed by atoms with E-state index in [0.29, 0.717) is 37.6 Å². The summed E-state index contributed by atoms with van der Waals surface area (Å²) in [6, 6.07) is 5.19. The van der Waals surface area contributed by atoms with Gasteiger partial charge in [-0.2, -0.15) is 0 Å². The predicted molar refractivity (Wildman–Crippen MR) is 102 cm³/mol. The fraction of sp³-hybridized carbons (Fsp3) is 0.421. The molecule has 3 N–H and O–H groups in total. The molecule has 0 bridgehead atoms. The van der Waals surface area contributed by atoms with Crippen LogP contribution in [0.3, 0.4) is 0 Å². The first kappa shape index (κ1) is 20.8. The largest absolute Gasteiger partial charge is 0.484 e. The highest BCUT2D eigenvalue weighted by Crippen LogP contribution is 2.22. The van der Waals surface area contributed by atoms with E-state index in [-0.39, 0.29) is 6.61 Å². The van der Waals surface area contributed by atoms with E-state index in [2.05, 4.69) is 10.7 Å². The van der Waals surface area contributed by atoms with E-state index in [9.17, 15) is 19.5 Å². The second kappa shape index (κ2) is 9.50. The average Bonchev–Trinajstić information content (AvgIpc) is 2.70. The van der Waals surface area contributed by atoms with E-state index in [1.807, 2.05) is 0 Å². The lowest BCUT2D eigenvalue weighted by atomic mass is 10.1. The normalized spacial score (nSPS) is 15.7. The number of aliphatic hydroxyl groups is 1. The first-order valence-electron chi connectivity index (χ1n) is 9.17. The Morgan fingerprint density at radius 1 is 1.28 bits per heavy atom. The molecule has 0 aliphatic carbocycles. The molecule has 10 nitrogen and oxygen atoms in total. The molecule has 1 saturated heterocycles. The van der Waals surface area contributed by atoms with Crippen LogP contribution in [-0.4, -0.2) is 67.5 Å². The molecule has 1 aromatic heterocycles. The van der Waals surface area contributed by atoms with Crippen molar-refractivity contribution in [3.8, 4) is 5.75 Å². The van der Waals surface area contributed by atoms with Gasteiger partial charge in [-0.05, 0) is 24.6 Å². The van der Waals surface area contributed by atoms with Crippen molar-refractivity contribution in [1.82, 2.24) is 15.8 Å². The molecule has 0 radical (unpaired) electrons. The van der Waals surface area contributed by atoms with E-state index in [0.717, 1.165) is 10.9 Å². The van der Waals surface area contributed by atoms with Crippen molar-refractivity contribution in [3.63, 3.8) is 0 Å². The van der Waals surface area contributed by atoms with Crippen LogP contribution in [0.1, 0.15) is 5.56 Å². The number of morpholine rings is 1. The molecule has 0 spiro atoms. The number of hydrogen-bond acceptors (Lipinski definition) is 8. The van der Waals surface area contributed by atoms with Gasteiger partial charge in [-0.3, -0.25) is 15.0 Å². The lowest BCUT2D eigenvalue weighted by molar-refractivity contribution is -0.135. The van der Waals surface area contributed by atoms with Gasteiger partial charge in [-0.15, -0.1) is 0 Å². The first-order valence-corrected chi connectivity index (χ1v) is 9.17. The van der Waals surface area contributed by atoms with Crippen molar-refractivity contribution in [3.05, 3.63) is 40.2 Å². The smallest absolute Gasteiger partial charge is 0.336 e. The van der Waals surface area contributed by atoms with Crippen molar-refractivity contribution in [1.29, 1.82) is 0 Å². The number of carbonyl (C=O) groups excluding carboxylic acids is 2. The first-order chi connectivity index (χ1) is 14.0. The van der Waals surface area contributed by atoms with Crippen molar-refractivity contribution >= 4 is 22.8 Å². The molecule has 29 heavy (non-hydrogen) atoms. The minimum Gasteiger partial charge on any atom is -0.484 e. The van der Waals surface area contributed by atoms with Crippen LogP contribution in [0.15, 0.2) is 33.5 Å². The zero-order valence-electron chi connectivity index (χ0n) is 16.0. The van der Waals surface area contributed by atoms with Gasteiger partial charge in [0.05, 0.1) is 19.8 Å². The van der Waals surface area contributed by atoms with Gasteiger partial charge in [0.25, 0.3) is 11.8 Å². The van der Waals surface area contributed by atoms with E-state index in [1.165, 1.54) is 12.1 Å². The molecule has 1 unspecified atom stereocenters. The van der Waals surface area contributed by atoms with E-state index < -0.39 is 30.1 Å². The van der Waals surface area contributed by atoms with E-state index in [1.54, 1.807) is 24.1 Å². The lowest BCUT2D eigenvalue weighted by Crippen LogP contribution is -2.56. The molecule has 2 amide bonds. The molecule has 2 aromatic rings. The summed E-state index contributed by atoms with van der Waals surface area (Å²) in [5, 5.41) is 14.3. The van der Waals surface area contributed by atoms with Gasteiger partial charge >= 0.3 is 5.63 Å². The third kappa shape index (κ3) is 5.53. The standard InChI is InChI=1S/C19H23N3O7/c1-12-8-18(25)29-16-9-13(2-3-14(12)16)28-11-17(24)20-15(10-23)19(26)21-22-4-6-27-7-5-22/h2-3,8-9,15,23H,4-7,10-11H2,1H3,(H,20,24)(H,21,26). The van der Waals surface area contributed by atoms with Crippen LogP contribution >= 0.6 is 0 Å². The Hall–Kier alpha value is -2.95. The molecule has 3 rings (SSSR count). The number of rotatable bonds is 7. The van der Waals surface area contributed by atoms with Crippen LogP contribution in [0, 0.1) is 6.92 Å². The van der Waals surface area contributed by atoms with Gasteiger partial charge < -0.3 is 24.3 Å². The number of aliphatic hydroxyl groups excluding tert-OH is 1. The maximum Gasteiger partial charge on any atom is 0.336 e. The number of hydrazine groups is 1. The Kier molecular flexibility index (Phi) is 6.81. The minimum atomic E-state index is -1.11. The molecule has 0 saturated carbocycles. The summed E-state index contributed by atoms with van der Waals surface area (Å²) in [5.74, 6) is -0.766. The molecule has 10 heteroatoms. The van der Waals surface area contributed by atoms with Crippen LogP contribution < -0.4 is 21.1 Å². The Balaban J connectivity index is 1.54. The lowest BCUT2D eigenvalue weighted by Gasteiger charge is -2.28. The number of hydrogen-bond donors (Lipinski definition) is 3. The van der Waals surface area contributed by atoms with Crippen molar-refractivity contribution in [2.45, 2.75) is 13.0 Å². The Labute approximate surface area is 166 Å². The Bertz CT molecular complexity index is 937. The molecule has 156 valence electrons. The Morgan fingerprint density at radius 3 is 2.76 bits per heavy atom. The van der Waals surface area contributed by atoms with Gasteiger partial charge in [0.1, 0.15) is 17.4 Å². The number of nitrogens with zero attached hydrogens (tertiary/aromatic N) is 1. The molecule has 1 aliphatic rings. The van der Waals surface area contributed by atoms with Crippen molar-refractivity contribution < 1.29 is 28.6 Å². The highest BCUT2D eigenvalue weighted by Gasteiger charge is 2.23. The number of fused-ring (bicyclic) bond motifs is 1. The van der Waals surface area contributed by atoms with E-state index in [4.69, 9.17) is 13.9 Å². The highest BCUT2D eigenvalue weighted by atomic mass is 16.5. The minimum absolute atomic E-state index is 0.333. The molecule has 1 fully saturated rings. The van der Waals surface area contributed by atoms with Gasteiger partial charge in [0.2, 0.25) is 0 Å². The summed E-state index contributed by atoms with van der Waals surface area (Å²) in [5.41, 5.74) is 3.29. The highest BCUT2D eigenvalue weighted by molar-refractivity contribution is 5.88. The molecule has 1 aliphatic heterocycles. The zero-order valence-corrected chi connectivity index (χ0v) is 16.0. The molecule has 1 atom stereocenters. The molecule has 1 aromatic carbocycles. The van der Waals surface area contributed by atoms with Crippen molar-refractivity contribution in [2.75, 3.05) is 39.5 Å². The fourth-order valence-corrected chi connectivity index (χ4v) is 2.88. The van der Waals surface area contributed by atoms with Crippen LogP contribution in [0.2, 0.25) is 0 Å². The summed E-state index contributed by atoms with van der Waals surface area (Å²) in [4.78, 5) is 35.8. The summed E-state index contributed by atoms with van der Waals surface area (Å²) >= 11 is 0. The number of aryl methyl sites for hydroxylation is 1. The van der Waals surface area contributed by atoms with Crippen molar-refractivity contribution in [2.24, 2.45) is 0 Å². The van der Waals surface area contributed by atoms with E-state index >= 15 is 0 Å². The summed E-state index contributed by atoms with van der Waals surface area (Å²) in [6.45, 7) is 2.91. The summed E-state index contributed by atoms with van der Waals surface area (Å²) < 4.78 is 15.8. The average molecular weight is 405 g/mol. The maximum absolute atomic E-state index is 12.2. The number of amides is 2. The van der Waals surface area contributed by atoms with Gasteiger partial charge in [-0.1, -0.05) is 0 Å². The number of benzene rings is 1. The SMILES string of the molecule is Cc1cc(=O)oc2cc(OCC(=O)NC(CO)C(=O)NN3CCOCC3)ccc12. The number of ether oxygens (including phenoxy) is 2. The fourth-order valence-electron chi connectivity index (χ4n) is 2.88. The monoisotopic (exact) mass is 405 g/mol. The summed E-state index contributed by atoms with van der Waals surface area (Å²) in [6.07, 6.45) is 0. The zero-order chi connectivity index (χ0) is 20.8. The summed E-state index contributed by atoms with van der Waals surface area (Å²) in [7, 11) is 0. The van der Waals surface area contributed by atoms with Crippen LogP contribution in [0.4, 0.5) is 0 Å². The van der Waals surface area contributed by atoms with Gasteiger partial charge in [0.15, 0.2) is 6.61 Å². The number of carbonyl (C=O) groups is 2. The Morgan fingerprint density at radius 2 is 2.03 bits per heavy atom. The van der Waals surface area contributed by atoms with Gasteiger partial charge in [0, 0.05) is 30.6 Å². The van der Waals surface area contributed by atoms with Gasteiger partial charge in [-0.25, -0.2) is 9.80 Å². The second-order valence-corrected chi connectivity index (χ2v) is 6.57. The predicted octanol–water partition coefficient (Wildman–Crippen LogP) is -0.679.